The van der Waals surface area contributed by atoms with Crippen LogP contribution in [0.4, 0.5) is 0 Å². The Kier molecular flexibility index (Phi) is 6.38. The average Bonchev–Trinajstić information content (AvgIpc) is 2.30. The zero-order chi connectivity index (χ0) is 12.5. The number of hydrogen-bond donors (Lipinski definition) is 1. The van der Waals surface area contributed by atoms with Gasteiger partial charge in [-0.05, 0) is 24.3 Å². The van der Waals surface area contributed by atoms with E-state index in [2.05, 4.69) is 31.3 Å². The summed E-state index contributed by atoms with van der Waals surface area (Å²) in [7, 11) is 0. The fraction of sp³-hybridized carbons (Fsp3) is 0.533. The second-order valence-electron chi connectivity index (χ2n) is 5.00. The van der Waals surface area contributed by atoms with E-state index in [0.717, 1.165) is 25.2 Å². The SMILES string of the molecule is CC(C)CCCC(Cc1ccccc1)NC=O. The van der Waals surface area contributed by atoms with Crippen LogP contribution in [-0.2, 0) is 11.2 Å². The van der Waals surface area contributed by atoms with Gasteiger partial charge in [0.1, 0.15) is 0 Å². The van der Waals surface area contributed by atoms with Gasteiger partial charge in [-0.2, -0.15) is 0 Å². The molecule has 1 atom stereocenters. The van der Waals surface area contributed by atoms with Gasteiger partial charge in [-0.25, -0.2) is 0 Å². The molecule has 0 aliphatic rings. The highest BCUT2D eigenvalue weighted by Crippen LogP contribution is 2.12. The van der Waals surface area contributed by atoms with Crippen molar-refractivity contribution in [3.63, 3.8) is 0 Å². The van der Waals surface area contributed by atoms with Gasteiger partial charge in [0.25, 0.3) is 0 Å². The van der Waals surface area contributed by atoms with Gasteiger partial charge in [0, 0.05) is 6.04 Å². The van der Waals surface area contributed by atoms with Crippen molar-refractivity contribution >= 4 is 6.41 Å². The zero-order valence-electron chi connectivity index (χ0n) is 10.9. The lowest BCUT2D eigenvalue weighted by molar-refractivity contribution is -0.110. The maximum absolute atomic E-state index is 10.6. The van der Waals surface area contributed by atoms with Crippen molar-refractivity contribution in [2.75, 3.05) is 0 Å². The van der Waals surface area contributed by atoms with Gasteiger partial charge in [-0.1, -0.05) is 57.0 Å². The van der Waals surface area contributed by atoms with Gasteiger partial charge in [-0.3, -0.25) is 4.79 Å². The molecule has 0 aliphatic carbocycles. The van der Waals surface area contributed by atoms with Crippen LogP contribution >= 0.6 is 0 Å². The molecule has 0 heterocycles. The first-order valence-electron chi connectivity index (χ1n) is 6.46. The van der Waals surface area contributed by atoms with E-state index in [-0.39, 0.29) is 6.04 Å². The van der Waals surface area contributed by atoms with Gasteiger partial charge in [-0.15, -0.1) is 0 Å². The summed E-state index contributed by atoms with van der Waals surface area (Å²) >= 11 is 0. The molecule has 1 N–H and O–H groups in total. The van der Waals surface area contributed by atoms with Crippen LogP contribution in [0, 0.1) is 5.92 Å². The van der Waals surface area contributed by atoms with Gasteiger partial charge in [0.2, 0.25) is 6.41 Å². The van der Waals surface area contributed by atoms with Crippen LogP contribution in [0.15, 0.2) is 30.3 Å². The Labute approximate surface area is 104 Å². The normalized spacial score (nSPS) is 12.4. The summed E-state index contributed by atoms with van der Waals surface area (Å²) in [6, 6.07) is 10.6. The zero-order valence-corrected chi connectivity index (χ0v) is 10.9. The predicted octanol–water partition coefficient (Wildman–Crippen LogP) is 3.17. The predicted molar refractivity (Wildman–Crippen MR) is 71.8 cm³/mol. The van der Waals surface area contributed by atoms with E-state index in [1.54, 1.807) is 0 Å². The standard InChI is InChI=1S/C15H23NO/c1-13(2)7-6-10-15(16-12-17)11-14-8-4-3-5-9-14/h3-5,8-9,12-13,15H,6-7,10-11H2,1-2H3,(H,16,17). The molecule has 17 heavy (non-hydrogen) atoms. The van der Waals surface area contributed by atoms with Crippen LogP contribution in [0.25, 0.3) is 0 Å². The third kappa shape index (κ3) is 6.10. The van der Waals surface area contributed by atoms with E-state index < -0.39 is 0 Å². The van der Waals surface area contributed by atoms with E-state index in [4.69, 9.17) is 0 Å². The highest BCUT2D eigenvalue weighted by atomic mass is 16.1. The van der Waals surface area contributed by atoms with Crippen molar-refractivity contribution in [3.05, 3.63) is 35.9 Å². The van der Waals surface area contributed by atoms with Gasteiger partial charge in [0.15, 0.2) is 0 Å². The van der Waals surface area contributed by atoms with Crippen LogP contribution in [0.2, 0.25) is 0 Å². The van der Waals surface area contributed by atoms with E-state index in [9.17, 15) is 4.79 Å². The van der Waals surface area contributed by atoms with Crippen LogP contribution in [0.3, 0.4) is 0 Å². The first kappa shape index (κ1) is 13.8. The molecule has 0 bridgehead atoms. The fourth-order valence-electron chi connectivity index (χ4n) is 2.01. The molecule has 1 amide bonds. The van der Waals surface area contributed by atoms with Gasteiger partial charge >= 0.3 is 0 Å². The summed E-state index contributed by atoms with van der Waals surface area (Å²) in [5.74, 6) is 0.739. The number of benzene rings is 1. The Bertz CT molecular complexity index is 308. The van der Waals surface area contributed by atoms with Crippen LogP contribution in [0.1, 0.15) is 38.7 Å². The highest BCUT2D eigenvalue weighted by Gasteiger charge is 2.08. The molecule has 0 aliphatic heterocycles. The molecule has 1 rings (SSSR count). The van der Waals surface area contributed by atoms with Crippen molar-refractivity contribution in [2.45, 2.75) is 45.6 Å². The van der Waals surface area contributed by atoms with Crippen molar-refractivity contribution in [3.8, 4) is 0 Å². The molecule has 0 saturated heterocycles. The Balaban J connectivity index is 2.40. The molecule has 2 heteroatoms. The summed E-state index contributed by atoms with van der Waals surface area (Å²) in [5, 5.41) is 2.92. The maximum atomic E-state index is 10.6. The number of nitrogens with one attached hydrogen (secondary N) is 1. The number of hydrogen-bond acceptors (Lipinski definition) is 1. The molecule has 0 aromatic heterocycles. The molecular formula is C15H23NO. The molecule has 0 spiro atoms. The highest BCUT2D eigenvalue weighted by molar-refractivity contribution is 5.46. The molecule has 1 aromatic carbocycles. The number of amides is 1. The van der Waals surface area contributed by atoms with E-state index in [1.165, 1.54) is 18.4 Å². The van der Waals surface area contributed by atoms with Crippen LogP contribution in [0.5, 0.6) is 0 Å². The smallest absolute Gasteiger partial charge is 0.207 e. The topological polar surface area (TPSA) is 29.1 Å². The second-order valence-corrected chi connectivity index (χ2v) is 5.00. The minimum atomic E-state index is 0.272. The maximum Gasteiger partial charge on any atom is 0.207 e. The molecule has 1 unspecified atom stereocenters. The lowest BCUT2D eigenvalue weighted by atomic mass is 9.98. The van der Waals surface area contributed by atoms with Crippen LogP contribution in [-0.4, -0.2) is 12.5 Å². The van der Waals surface area contributed by atoms with Crippen molar-refractivity contribution in [1.82, 2.24) is 5.32 Å². The van der Waals surface area contributed by atoms with Gasteiger partial charge < -0.3 is 5.32 Å². The molecule has 1 aromatic rings. The third-order valence-electron chi connectivity index (χ3n) is 2.96. The summed E-state index contributed by atoms with van der Waals surface area (Å²) < 4.78 is 0. The van der Waals surface area contributed by atoms with E-state index >= 15 is 0 Å². The molecule has 2 nitrogen and oxygen atoms in total. The quantitative estimate of drug-likeness (QED) is 0.687. The summed E-state index contributed by atoms with van der Waals surface area (Å²) in [6.07, 6.45) is 5.22. The number of carbonyl (C=O) groups is 1. The van der Waals surface area contributed by atoms with Crippen molar-refractivity contribution in [1.29, 1.82) is 0 Å². The van der Waals surface area contributed by atoms with Crippen LogP contribution < -0.4 is 5.32 Å². The van der Waals surface area contributed by atoms with E-state index in [0.29, 0.717) is 0 Å². The Morgan fingerprint density at radius 3 is 2.47 bits per heavy atom. The Morgan fingerprint density at radius 2 is 1.88 bits per heavy atom. The summed E-state index contributed by atoms with van der Waals surface area (Å²) in [6.45, 7) is 4.47. The minimum Gasteiger partial charge on any atom is -0.356 e. The molecule has 0 saturated carbocycles. The van der Waals surface area contributed by atoms with Gasteiger partial charge in [0.05, 0.1) is 0 Å². The first-order chi connectivity index (χ1) is 8.22. The summed E-state index contributed by atoms with van der Waals surface area (Å²) in [4.78, 5) is 10.6. The molecular weight excluding hydrogens is 210 g/mol. The number of rotatable bonds is 8. The largest absolute Gasteiger partial charge is 0.356 e. The lowest BCUT2D eigenvalue weighted by Crippen LogP contribution is -2.30. The summed E-state index contributed by atoms with van der Waals surface area (Å²) in [5.41, 5.74) is 1.29. The Morgan fingerprint density at radius 1 is 1.18 bits per heavy atom. The Hall–Kier alpha value is -1.31. The van der Waals surface area contributed by atoms with Crippen molar-refractivity contribution in [2.24, 2.45) is 5.92 Å². The lowest BCUT2D eigenvalue weighted by Gasteiger charge is -2.16. The van der Waals surface area contributed by atoms with E-state index in [1.807, 2.05) is 18.2 Å². The van der Waals surface area contributed by atoms with Crippen molar-refractivity contribution < 1.29 is 4.79 Å². The molecule has 0 fully saturated rings. The minimum absolute atomic E-state index is 0.272. The second kappa shape index (κ2) is 7.88. The monoisotopic (exact) mass is 233 g/mol. The third-order valence-corrected chi connectivity index (χ3v) is 2.96. The first-order valence-corrected chi connectivity index (χ1v) is 6.46. The average molecular weight is 233 g/mol. The molecule has 94 valence electrons. The molecule has 0 radical (unpaired) electrons. The number of carbonyl (C=O) groups excluding carboxylic acids is 1. The fourth-order valence-corrected chi connectivity index (χ4v) is 2.01.